The fourth-order valence-electron chi connectivity index (χ4n) is 2.95. The molecule has 0 spiro atoms. The van der Waals surface area contributed by atoms with Crippen molar-refractivity contribution in [3.63, 3.8) is 0 Å². The predicted molar refractivity (Wildman–Crippen MR) is 93.3 cm³/mol. The second-order valence-corrected chi connectivity index (χ2v) is 8.09. The summed E-state index contributed by atoms with van der Waals surface area (Å²) >= 11 is 0. The summed E-state index contributed by atoms with van der Waals surface area (Å²) in [6, 6.07) is 9.59. The molecule has 8 heteroatoms. The van der Waals surface area contributed by atoms with Crippen LogP contribution in [0, 0.1) is 0 Å². The number of carbonyl (C=O) groups excluding carboxylic acids is 1. The van der Waals surface area contributed by atoms with Crippen molar-refractivity contribution in [1.82, 2.24) is 19.0 Å². The Bertz CT molecular complexity index is 833. The lowest BCUT2D eigenvalue weighted by molar-refractivity contribution is -0.130. The summed E-state index contributed by atoms with van der Waals surface area (Å²) < 4.78 is 28.3. The van der Waals surface area contributed by atoms with E-state index in [2.05, 4.69) is 5.10 Å². The van der Waals surface area contributed by atoms with E-state index >= 15 is 0 Å². The molecule has 0 N–H and O–H groups in total. The molecule has 2 aromatic rings. The van der Waals surface area contributed by atoms with Crippen LogP contribution in [0.4, 0.5) is 0 Å². The topological polar surface area (TPSA) is 75.5 Å². The highest BCUT2D eigenvalue weighted by Crippen LogP contribution is 2.17. The lowest BCUT2D eigenvalue weighted by Gasteiger charge is -2.21. The Balaban J connectivity index is 1.65. The van der Waals surface area contributed by atoms with Crippen molar-refractivity contribution in [1.29, 1.82) is 0 Å². The monoisotopic (exact) mass is 362 g/mol. The highest BCUT2D eigenvalue weighted by Gasteiger charge is 2.29. The fourth-order valence-corrected chi connectivity index (χ4v) is 4.40. The van der Waals surface area contributed by atoms with E-state index in [-0.39, 0.29) is 10.8 Å². The first-order valence-corrected chi connectivity index (χ1v) is 9.71. The second kappa shape index (κ2) is 7.37. The number of aromatic nitrogens is 2. The van der Waals surface area contributed by atoms with E-state index in [0.29, 0.717) is 39.0 Å². The number of sulfonamides is 1. The number of rotatable bonds is 4. The Morgan fingerprint density at radius 2 is 1.88 bits per heavy atom. The van der Waals surface area contributed by atoms with E-state index in [1.807, 2.05) is 30.3 Å². The summed E-state index contributed by atoms with van der Waals surface area (Å²) in [4.78, 5) is 14.4. The predicted octanol–water partition coefficient (Wildman–Crippen LogP) is 0.886. The second-order valence-electron chi connectivity index (χ2n) is 6.15. The minimum absolute atomic E-state index is 0.0341. The SMILES string of the molecule is Cn1cc(S(=O)(=O)N2CCCN(C(=O)Cc3ccccc3)CC2)cn1. The lowest BCUT2D eigenvalue weighted by Crippen LogP contribution is -2.37. The van der Waals surface area contributed by atoms with Gasteiger partial charge in [0.2, 0.25) is 15.9 Å². The van der Waals surface area contributed by atoms with Crippen molar-refractivity contribution in [2.45, 2.75) is 17.7 Å². The third-order valence-corrected chi connectivity index (χ3v) is 6.18. The first kappa shape index (κ1) is 17.6. The number of hydrogen-bond donors (Lipinski definition) is 0. The summed E-state index contributed by atoms with van der Waals surface area (Å²) in [7, 11) is -1.87. The van der Waals surface area contributed by atoms with Crippen molar-refractivity contribution >= 4 is 15.9 Å². The molecule has 1 amide bonds. The Labute approximate surface area is 147 Å². The van der Waals surface area contributed by atoms with Crippen molar-refractivity contribution in [2.75, 3.05) is 26.2 Å². The molecular formula is C17H22N4O3S. The Morgan fingerprint density at radius 3 is 2.56 bits per heavy atom. The molecule has 0 aliphatic carbocycles. The van der Waals surface area contributed by atoms with Crippen molar-refractivity contribution in [3.8, 4) is 0 Å². The van der Waals surface area contributed by atoms with Crippen LogP contribution in [0.1, 0.15) is 12.0 Å². The molecule has 1 aliphatic rings. The molecule has 1 aliphatic heterocycles. The van der Waals surface area contributed by atoms with Gasteiger partial charge in [0.1, 0.15) is 4.90 Å². The first-order chi connectivity index (χ1) is 12.0. The molecule has 0 saturated carbocycles. The van der Waals surface area contributed by atoms with E-state index in [9.17, 15) is 13.2 Å². The van der Waals surface area contributed by atoms with Gasteiger partial charge in [-0.3, -0.25) is 9.48 Å². The van der Waals surface area contributed by atoms with Crippen molar-refractivity contribution in [2.24, 2.45) is 7.05 Å². The van der Waals surface area contributed by atoms with Gasteiger partial charge in [-0.15, -0.1) is 0 Å². The van der Waals surface area contributed by atoms with E-state index < -0.39 is 10.0 Å². The summed E-state index contributed by atoms with van der Waals surface area (Å²) in [5, 5.41) is 3.94. The average Bonchev–Trinajstić information content (AvgIpc) is 2.89. The lowest BCUT2D eigenvalue weighted by atomic mass is 10.1. The molecule has 0 unspecified atom stereocenters. The molecule has 1 saturated heterocycles. The van der Waals surface area contributed by atoms with Crippen LogP contribution in [0.5, 0.6) is 0 Å². The number of nitrogens with zero attached hydrogens (tertiary/aromatic N) is 4. The smallest absolute Gasteiger partial charge is 0.246 e. The van der Waals surface area contributed by atoms with Crippen LogP contribution in [-0.4, -0.2) is 59.5 Å². The van der Waals surface area contributed by atoms with Crippen LogP contribution < -0.4 is 0 Å². The van der Waals surface area contributed by atoms with Gasteiger partial charge in [-0.1, -0.05) is 30.3 Å². The quantitative estimate of drug-likeness (QED) is 0.809. The molecule has 25 heavy (non-hydrogen) atoms. The van der Waals surface area contributed by atoms with E-state index in [1.165, 1.54) is 21.4 Å². The Morgan fingerprint density at radius 1 is 1.12 bits per heavy atom. The molecular weight excluding hydrogens is 340 g/mol. The number of aryl methyl sites for hydroxylation is 1. The molecule has 0 atom stereocenters. The van der Waals surface area contributed by atoms with Gasteiger partial charge >= 0.3 is 0 Å². The van der Waals surface area contributed by atoms with E-state index in [1.54, 1.807) is 11.9 Å². The fraction of sp³-hybridized carbons (Fsp3) is 0.412. The van der Waals surface area contributed by atoms with Gasteiger partial charge < -0.3 is 4.90 Å². The van der Waals surface area contributed by atoms with Crippen LogP contribution in [0.25, 0.3) is 0 Å². The first-order valence-electron chi connectivity index (χ1n) is 8.27. The van der Waals surface area contributed by atoms with Crippen LogP contribution in [-0.2, 0) is 28.3 Å². The summed E-state index contributed by atoms with van der Waals surface area (Å²) in [6.45, 7) is 1.69. The standard InChI is InChI=1S/C17H22N4O3S/c1-19-14-16(13-18-19)25(23,24)21-9-5-8-20(10-11-21)17(22)12-15-6-3-2-4-7-15/h2-4,6-7,13-14H,5,8-12H2,1H3. The van der Waals surface area contributed by atoms with Gasteiger partial charge in [-0.05, 0) is 12.0 Å². The van der Waals surface area contributed by atoms with Gasteiger partial charge in [0.05, 0.1) is 12.6 Å². The maximum atomic E-state index is 12.7. The third-order valence-electron chi connectivity index (χ3n) is 4.32. The van der Waals surface area contributed by atoms with Crippen LogP contribution >= 0.6 is 0 Å². The van der Waals surface area contributed by atoms with Crippen LogP contribution in [0.15, 0.2) is 47.6 Å². The molecule has 0 bridgehead atoms. The zero-order chi connectivity index (χ0) is 17.9. The normalized spacial score (nSPS) is 16.6. The Kier molecular flexibility index (Phi) is 5.19. The molecule has 2 heterocycles. The Hall–Kier alpha value is -2.19. The zero-order valence-corrected chi connectivity index (χ0v) is 15.0. The summed E-state index contributed by atoms with van der Waals surface area (Å²) in [5.74, 6) is 0.0341. The van der Waals surface area contributed by atoms with Gasteiger partial charge in [0.25, 0.3) is 0 Å². The molecule has 134 valence electrons. The third kappa shape index (κ3) is 4.08. The molecule has 1 aromatic heterocycles. The minimum atomic E-state index is -3.56. The minimum Gasteiger partial charge on any atom is -0.341 e. The number of hydrogen-bond acceptors (Lipinski definition) is 4. The van der Waals surface area contributed by atoms with Gasteiger partial charge in [-0.2, -0.15) is 9.40 Å². The molecule has 1 fully saturated rings. The zero-order valence-electron chi connectivity index (χ0n) is 14.2. The number of amides is 1. The average molecular weight is 362 g/mol. The van der Waals surface area contributed by atoms with E-state index in [0.717, 1.165) is 5.56 Å². The van der Waals surface area contributed by atoms with Gasteiger partial charge in [0, 0.05) is 39.4 Å². The number of carbonyl (C=O) groups is 1. The maximum Gasteiger partial charge on any atom is 0.246 e. The van der Waals surface area contributed by atoms with Crippen molar-refractivity contribution in [3.05, 3.63) is 48.3 Å². The van der Waals surface area contributed by atoms with Crippen LogP contribution in [0.3, 0.4) is 0 Å². The highest BCUT2D eigenvalue weighted by atomic mass is 32.2. The largest absolute Gasteiger partial charge is 0.341 e. The van der Waals surface area contributed by atoms with Gasteiger partial charge in [-0.25, -0.2) is 8.42 Å². The maximum absolute atomic E-state index is 12.7. The molecule has 1 aromatic carbocycles. The molecule has 7 nitrogen and oxygen atoms in total. The van der Waals surface area contributed by atoms with E-state index in [4.69, 9.17) is 0 Å². The number of benzene rings is 1. The van der Waals surface area contributed by atoms with Crippen LogP contribution in [0.2, 0.25) is 0 Å². The van der Waals surface area contributed by atoms with Crippen molar-refractivity contribution < 1.29 is 13.2 Å². The summed E-state index contributed by atoms with van der Waals surface area (Å²) in [5.41, 5.74) is 0.969. The molecule has 3 rings (SSSR count). The summed E-state index contributed by atoms with van der Waals surface area (Å²) in [6.07, 6.45) is 3.83. The molecule has 0 radical (unpaired) electrons. The van der Waals surface area contributed by atoms with Gasteiger partial charge in [0.15, 0.2) is 0 Å². The highest BCUT2D eigenvalue weighted by molar-refractivity contribution is 7.89.